The van der Waals surface area contributed by atoms with E-state index in [2.05, 4.69) is 20.1 Å². The van der Waals surface area contributed by atoms with Gasteiger partial charge in [0.1, 0.15) is 12.3 Å². The molecule has 0 spiro atoms. The van der Waals surface area contributed by atoms with Crippen molar-refractivity contribution in [2.24, 2.45) is 0 Å². The highest BCUT2D eigenvalue weighted by Gasteiger charge is 2.26. The molecule has 0 saturated heterocycles. The van der Waals surface area contributed by atoms with Crippen LogP contribution in [0.5, 0.6) is 11.6 Å². The van der Waals surface area contributed by atoms with Crippen molar-refractivity contribution in [1.29, 1.82) is 0 Å². The molecule has 1 aliphatic rings. The maximum absolute atomic E-state index is 13.9. The van der Waals surface area contributed by atoms with Crippen molar-refractivity contribution in [2.75, 3.05) is 0 Å². The standard InChI is InChI=1S/C19H19FN4O3/c20-15-3-1-2-4-17(15)26-19-8-7-16(22-23-19)14-6-5-13(11-18(14)27-25)24-10-9-21-12-24/h5-12,15,17,25H,1-4H2/t15-,17-/m1/s1. The fourth-order valence-electron chi connectivity index (χ4n) is 3.24. The Balaban J connectivity index is 1.54. The maximum atomic E-state index is 13.9. The third-order valence-electron chi connectivity index (χ3n) is 4.68. The van der Waals surface area contributed by atoms with Crippen LogP contribution in [-0.2, 0) is 0 Å². The van der Waals surface area contributed by atoms with Crippen molar-refractivity contribution in [3.05, 3.63) is 49.1 Å². The van der Waals surface area contributed by atoms with Crippen molar-refractivity contribution in [1.82, 2.24) is 19.7 Å². The van der Waals surface area contributed by atoms with E-state index in [9.17, 15) is 9.65 Å². The average molecular weight is 370 g/mol. The Morgan fingerprint density at radius 3 is 2.70 bits per heavy atom. The highest BCUT2D eigenvalue weighted by atomic mass is 19.1. The molecule has 0 aliphatic heterocycles. The molecule has 2 heterocycles. The van der Waals surface area contributed by atoms with E-state index < -0.39 is 12.3 Å². The van der Waals surface area contributed by atoms with Crippen LogP contribution in [0.15, 0.2) is 49.1 Å². The van der Waals surface area contributed by atoms with E-state index in [1.165, 1.54) is 0 Å². The monoisotopic (exact) mass is 370 g/mol. The molecule has 140 valence electrons. The first-order valence-corrected chi connectivity index (χ1v) is 8.83. The lowest BCUT2D eigenvalue weighted by atomic mass is 9.96. The summed E-state index contributed by atoms with van der Waals surface area (Å²) in [5, 5.41) is 17.4. The predicted octanol–water partition coefficient (Wildman–Crippen LogP) is 3.84. The highest BCUT2D eigenvalue weighted by molar-refractivity contribution is 5.68. The zero-order valence-corrected chi connectivity index (χ0v) is 14.5. The number of hydrogen-bond acceptors (Lipinski definition) is 6. The van der Waals surface area contributed by atoms with Gasteiger partial charge in [0.25, 0.3) is 0 Å². The van der Waals surface area contributed by atoms with Gasteiger partial charge in [0.05, 0.1) is 17.7 Å². The van der Waals surface area contributed by atoms with E-state index in [1.54, 1.807) is 47.6 Å². The minimum Gasteiger partial charge on any atom is -0.470 e. The van der Waals surface area contributed by atoms with E-state index in [-0.39, 0.29) is 11.6 Å². The molecule has 2 aromatic heterocycles. The first-order valence-electron chi connectivity index (χ1n) is 8.83. The molecule has 0 radical (unpaired) electrons. The number of imidazole rings is 1. The van der Waals surface area contributed by atoms with Crippen molar-refractivity contribution in [2.45, 2.75) is 38.0 Å². The van der Waals surface area contributed by atoms with E-state index in [4.69, 9.17) is 4.74 Å². The van der Waals surface area contributed by atoms with Gasteiger partial charge in [0, 0.05) is 30.1 Å². The molecular formula is C19H19FN4O3. The summed E-state index contributed by atoms with van der Waals surface area (Å²) in [5.41, 5.74) is 1.85. The minimum absolute atomic E-state index is 0.236. The minimum atomic E-state index is -0.967. The molecule has 7 nitrogen and oxygen atoms in total. The van der Waals surface area contributed by atoms with Gasteiger partial charge < -0.3 is 14.2 Å². The second-order valence-electron chi connectivity index (χ2n) is 6.46. The van der Waals surface area contributed by atoms with Crippen LogP contribution >= 0.6 is 0 Å². The van der Waals surface area contributed by atoms with Crippen LogP contribution in [0.3, 0.4) is 0 Å². The summed E-state index contributed by atoms with van der Waals surface area (Å²) < 4.78 is 21.3. The van der Waals surface area contributed by atoms with Gasteiger partial charge in [-0.2, -0.15) is 0 Å². The summed E-state index contributed by atoms with van der Waals surface area (Å²) in [5.74, 6) is 0.523. The molecule has 1 fully saturated rings. The molecule has 27 heavy (non-hydrogen) atoms. The molecule has 4 rings (SSSR count). The number of nitrogens with zero attached hydrogens (tertiary/aromatic N) is 4. The molecule has 0 unspecified atom stereocenters. The van der Waals surface area contributed by atoms with Crippen molar-refractivity contribution in [3.8, 4) is 28.6 Å². The third kappa shape index (κ3) is 3.75. The van der Waals surface area contributed by atoms with E-state index in [1.807, 2.05) is 6.07 Å². The van der Waals surface area contributed by atoms with Gasteiger partial charge in [-0.3, -0.25) is 0 Å². The van der Waals surface area contributed by atoms with Gasteiger partial charge in [0.2, 0.25) is 5.88 Å². The Bertz CT molecular complexity index is 886. The quantitative estimate of drug-likeness (QED) is 0.543. The lowest BCUT2D eigenvalue weighted by Gasteiger charge is -2.25. The van der Waals surface area contributed by atoms with Crippen molar-refractivity contribution >= 4 is 0 Å². The zero-order chi connectivity index (χ0) is 18.6. The smallest absolute Gasteiger partial charge is 0.233 e. The molecule has 0 bridgehead atoms. The molecular weight excluding hydrogens is 351 g/mol. The Kier molecular flexibility index (Phi) is 4.97. The first-order chi connectivity index (χ1) is 13.2. The van der Waals surface area contributed by atoms with Crippen LogP contribution in [0.2, 0.25) is 0 Å². The summed E-state index contributed by atoms with van der Waals surface area (Å²) in [6.45, 7) is 0. The molecule has 1 aliphatic carbocycles. The van der Waals surface area contributed by atoms with Gasteiger partial charge >= 0.3 is 0 Å². The fourth-order valence-corrected chi connectivity index (χ4v) is 3.24. The fraction of sp³-hybridized carbons (Fsp3) is 0.316. The largest absolute Gasteiger partial charge is 0.470 e. The number of hydrogen-bond donors (Lipinski definition) is 1. The molecule has 2 atom stereocenters. The summed E-state index contributed by atoms with van der Waals surface area (Å²) >= 11 is 0. The number of rotatable bonds is 5. The number of halogens is 1. The normalized spacial score (nSPS) is 19.6. The summed E-state index contributed by atoms with van der Waals surface area (Å²) in [7, 11) is 0. The van der Waals surface area contributed by atoms with Gasteiger partial charge in [-0.1, -0.05) is 6.42 Å². The molecule has 1 aromatic carbocycles. The Morgan fingerprint density at radius 2 is 2.00 bits per heavy atom. The van der Waals surface area contributed by atoms with Gasteiger partial charge in [0.15, 0.2) is 5.75 Å². The average Bonchev–Trinajstić information content (AvgIpc) is 3.25. The Morgan fingerprint density at radius 1 is 1.11 bits per heavy atom. The first kappa shape index (κ1) is 17.4. The molecule has 1 saturated carbocycles. The Labute approximate surface area is 155 Å². The summed E-state index contributed by atoms with van der Waals surface area (Å²) in [4.78, 5) is 8.52. The predicted molar refractivity (Wildman–Crippen MR) is 95.6 cm³/mol. The number of benzene rings is 1. The molecule has 0 amide bonds. The summed E-state index contributed by atoms with van der Waals surface area (Å²) in [6, 6.07) is 8.63. The topological polar surface area (TPSA) is 82.3 Å². The van der Waals surface area contributed by atoms with E-state index >= 15 is 0 Å². The zero-order valence-electron chi connectivity index (χ0n) is 14.5. The van der Waals surface area contributed by atoms with Crippen molar-refractivity contribution < 1.29 is 19.3 Å². The van der Waals surface area contributed by atoms with Crippen LogP contribution in [0.25, 0.3) is 16.9 Å². The van der Waals surface area contributed by atoms with Crippen LogP contribution in [0, 0.1) is 0 Å². The van der Waals surface area contributed by atoms with Crippen molar-refractivity contribution in [3.63, 3.8) is 0 Å². The van der Waals surface area contributed by atoms with Gasteiger partial charge in [-0.25, -0.2) is 14.6 Å². The van der Waals surface area contributed by atoms with E-state index in [0.717, 1.165) is 18.5 Å². The van der Waals surface area contributed by atoms with Gasteiger partial charge in [-0.15, -0.1) is 10.2 Å². The molecule has 1 N–H and O–H groups in total. The van der Waals surface area contributed by atoms with Crippen LogP contribution < -0.4 is 9.62 Å². The maximum Gasteiger partial charge on any atom is 0.233 e. The van der Waals surface area contributed by atoms with Crippen LogP contribution in [0.4, 0.5) is 4.39 Å². The lowest BCUT2D eigenvalue weighted by molar-refractivity contribution is -0.137. The van der Waals surface area contributed by atoms with Crippen LogP contribution in [-0.4, -0.2) is 37.3 Å². The van der Waals surface area contributed by atoms with Crippen LogP contribution in [0.1, 0.15) is 25.7 Å². The SMILES string of the molecule is OOc1cc(-n2ccnc2)ccc1-c1ccc(O[C@@H]2CCCC[C@H]2F)nn1. The Hall–Kier alpha value is -3.00. The molecule has 8 heteroatoms. The summed E-state index contributed by atoms with van der Waals surface area (Å²) in [6.07, 6.45) is 6.71. The number of aromatic nitrogens is 4. The second kappa shape index (κ2) is 7.71. The number of alkyl halides is 1. The number of ether oxygens (including phenoxy) is 1. The third-order valence-corrected chi connectivity index (χ3v) is 4.68. The van der Waals surface area contributed by atoms with Gasteiger partial charge in [-0.05, 0) is 37.5 Å². The lowest BCUT2D eigenvalue weighted by Crippen LogP contribution is -2.32. The molecule has 3 aromatic rings. The van der Waals surface area contributed by atoms with E-state index in [0.29, 0.717) is 24.1 Å². The second-order valence-corrected chi connectivity index (χ2v) is 6.46. The highest BCUT2D eigenvalue weighted by Crippen LogP contribution is 2.31.